The lowest BCUT2D eigenvalue weighted by Crippen LogP contribution is -2.34. The van der Waals surface area contributed by atoms with Gasteiger partial charge >= 0.3 is 0 Å². The zero-order valence-corrected chi connectivity index (χ0v) is 23.0. The van der Waals surface area contributed by atoms with E-state index in [2.05, 4.69) is 10.3 Å². The van der Waals surface area contributed by atoms with Crippen LogP contribution in [0.2, 0.25) is 0 Å². The molecule has 11 heteroatoms. The molecule has 2 aromatic carbocycles. The van der Waals surface area contributed by atoms with Crippen LogP contribution in [-0.2, 0) is 33.1 Å². The van der Waals surface area contributed by atoms with Crippen molar-refractivity contribution >= 4 is 27.3 Å². The second-order valence-corrected chi connectivity index (χ2v) is 10.8. The summed E-state index contributed by atoms with van der Waals surface area (Å²) < 4.78 is 40.1. The lowest BCUT2D eigenvalue weighted by Gasteiger charge is -2.21. The maximum atomic E-state index is 13.1. The molecule has 1 aromatic heterocycles. The lowest BCUT2D eigenvalue weighted by molar-refractivity contribution is -0.122. The fourth-order valence-corrected chi connectivity index (χ4v) is 5.41. The summed E-state index contributed by atoms with van der Waals surface area (Å²) in [5, 5.41) is 3.32. The number of benzene rings is 2. The summed E-state index contributed by atoms with van der Waals surface area (Å²) in [4.78, 5) is 18.5. The first-order valence-corrected chi connectivity index (χ1v) is 13.2. The minimum Gasteiger partial charge on any atom is -0.497 e. The smallest absolute Gasteiger partial charge is 0.252 e. The first-order valence-electron chi connectivity index (χ1n) is 11.8. The van der Waals surface area contributed by atoms with Gasteiger partial charge in [-0.05, 0) is 61.4 Å². The molecule has 10 nitrogen and oxygen atoms in total. The number of methoxy groups -OCH3 is 1. The molecule has 1 N–H and O–H groups in total. The summed E-state index contributed by atoms with van der Waals surface area (Å²) in [6.07, 6.45) is 3.56. The Morgan fingerprint density at radius 2 is 1.76 bits per heavy atom. The molecule has 3 rings (SSSR count). The van der Waals surface area contributed by atoms with Crippen LogP contribution in [0.15, 0.2) is 53.8 Å². The molecule has 0 saturated carbocycles. The predicted molar refractivity (Wildman–Crippen MR) is 143 cm³/mol. The number of sulfonamides is 1. The average molecular weight is 530 g/mol. The Balaban J connectivity index is 1.48. The number of imidazole rings is 1. The van der Waals surface area contributed by atoms with Crippen LogP contribution in [0.25, 0.3) is 0 Å². The van der Waals surface area contributed by atoms with Gasteiger partial charge in [0.25, 0.3) is 5.91 Å². The average Bonchev–Trinajstić information content (AvgIpc) is 3.28. The highest BCUT2D eigenvalue weighted by Gasteiger charge is 2.25. The summed E-state index contributed by atoms with van der Waals surface area (Å²) in [5.74, 6) is 0.376. The second kappa shape index (κ2) is 12.2. The summed E-state index contributed by atoms with van der Waals surface area (Å²) in [5.41, 5.74) is 3.93. The molecule has 0 aliphatic carbocycles. The number of aromatic nitrogens is 2. The Labute approximate surface area is 218 Å². The number of carbonyl (C=O) groups is 1. The van der Waals surface area contributed by atoms with Crippen molar-refractivity contribution in [2.45, 2.75) is 25.3 Å². The van der Waals surface area contributed by atoms with Gasteiger partial charge in [-0.15, -0.1) is 0 Å². The van der Waals surface area contributed by atoms with E-state index in [4.69, 9.17) is 9.47 Å². The maximum absolute atomic E-state index is 13.1. The second-order valence-electron chi connectivity index (χ2n) is 8.82. The van der Waals surface area contributed by atoms with Crippen LogP contribution in [0.5, 0.6) is 5.75 Å². The van der Waals surface area contributed by atoms with Crippen LogP contribution < -0.4 is 15.0 Å². The highest BCUT2D eigenvalue weighted by Crippen LogP contribution is 2.27. The molecule has 3 aromatic rings. The third-order valence-corrected chi connectivity index (χ3v) is 8.30. The van der Waals surface area contributed by atoms with Gasteiger partial charge in [-0.3, -0.25) is 4.79 Å². The first kappa shape index (κ1) is 28.2. The summed E-state index contributed by atoms with van der Waals surface area (Å²) in [6, 6.07) is 10.9. The van der Waals surface area contributed by atoms with E-state index in [1.807, 2.05) is 42.1 Å². The van der Waals surface area contributed by atoms with Crippen LogP contribution in [0.4, 0.5) is 11.4 Å². The van der Waals surface area contributed by atoms with Crippen molar-refractivity contribution in [1.82, 2.24) is 13.9 Å². The standard InChI is InChI=1S/C26H35N5O5S/c1-19-13-24(35-6)14-20(2)26(19)37(33,34)30(4)11-12-36-17-25(32)31(5)22-9-7-21(8-10-22)28-16-23-15-27-18-29(23)3/h7-10,13-15,18,28H,11-12,16-17H2,1-6H3. The number of aryl methyl sites for hydroxylation is 3. The predicted octanol–water partition coefficient (Wildman–Crippen LogP) is 2.96. The Hall–Kier alpha value is -3.41. The molecular formula is C26H35N5O5S. The van der Waals surface area contributed by atoms with Crippen LogP contribution in [0.1, 0.15) is 16.8 Å². The van der Waals surface area contributed by atoms with Crippen molar-refractivity contribution in [2.75, 3.05) is 51.2 Å². The number of carbonyl (C=O) groups excluding carboxylic acids is 1. The molecule has 0 aliphatic rings. The minimum absolute atomic E-state index is 0.0838. The van der Waals surface area contributed by atoms with Gasteiger partial charge in [0, 0.05) is 45.3 Å². The topological polar surface area (TPSA) is 106 Å². The van der Waals surface area contributed by atoms with Crippen molar-refractivity contribution in [3.63, 3.8) is 0 Å². The van der Waals surface area contributed by atoms with Crippen molar-refractivity contribution in [3.8, 4) is 5.75 Å². The molecule has 0 aliphatic heterocycles. The summed E-state index contributed by atoms with van der Waals surface area (Å²) in [7, 11) is 2.94. The van der Waals surface area contributed by atoms with E-state index in [1.54, 1.807) is 46.5 Å². The van der Waals surface area contributed by atoms with Gasteiger partial charge in [0.1, 0.15) is 12.4 Å². The molecule has 0 spiro atoms. The quantitative estimate of drug-likeness (QED) is 0.360. The molecule has 0 saturated heterocycles. The number of ether oxygens (including phenoxy) is 2. The van der Waals surface area contributed by atoms with Gasteiger partial charge in [0.2, 0.25) is 10.0 Å². The van der Waals surface area contributed by atoms with E-state index in [0.717, 1.165) is 17.1 Å². The molecular weight excluding hydrogens is 494 g/mol. The lowest BCUT2D eigenvalue weighted by atomic mass is 10.1. The SMILES string of the molecule is COc1cc(C)c(S(=O)(=O)N(C)CCOCC(=O)N(C)c2ccc(NCc3cncn3C)cc2)c(C)c1. The van der Waals surface area contributed by atoms with Crippen molar-refractivity contribution in [2.24, 2.45) is 7.05 Å². The molecule has 0 radical (unpaired) electrons. The third kappa shape index (κ3) is 6.88. The van der Waals surface area contributed by atoms with Crippen LogP contribution in [0, 0.1) is 13.8 Å². The van der Waals surface area contributed by atoms with Crippen molar-refractivity contribution in [1.29, 1.82) is 0 Å². The minimum atomic E-state index is -3.72. The number of hydrogen-bond acceptors (Lipinski definition) is 7. The largest absolute Gasteiger partial charge is 0.497 e. The van der Waals surface area contributed by atoms with Crippen LogP contribution in [-0.4, -0.2) is 69.1 Å². The Bertz CT molecular complexity index is 1300. The van der Waals surface area contributed by atoms with Gasteiger partial charge in [0.05, 0.1) is 37.2 Å². The van der Waals surface area contributed by atoms with E-state index in [9.17, 15) is 13.2 Å². The van der Waals surface area contributed by atoms with Gasteiger partial charge in [-0.1, -0.05) is 0 Å². The highest BCUT2D eigenvalue weighted by atomic mass is 32.2. The number of nitrogens with one attached hydrogen (secondary N) is 1. The molecule has 37 heavy (non-hydrogen) atoms. The monoisotopic (exact) mass is 529 g/mol. The molecule has 1 heterocycles. The summed E-state index contributed by atoms with van der Waals surface area (Å²) in [6.45, 7) is 4.16. The molecule has 200 valence electrons. The Morgan fingerprint density at radius 3 is 2.32 bits per heavy atom. The van der Waals surface area contributed by atoms with Gasteiger partial charge in [-0.2, -0.15) is 4.31 Å². The summed E-state index contributed by atoms with van der Waals surface area (Å²) >= 11 is 0. The maximum Gasteiger partial charge on any atom is 0.252 e. The van der Waals surface area contributed by atoms with Crippen molar-refractivity contribution < 1.29 is 22.7 Å². The number of nitrogens with zero attached hydrogens (tertiary/aromatic N) is 4. The van der Waals surface area contributed by atoms with E-state index in [1.165, 1.54) is 16.3 Å². The van der Waals surface area contributed by atoms with E-state index >= 15 is 0 Å². The molecule has 1 amide bonds. The zero-order valence-electron chi connectivity index (χ0n) is 22.2. The number of amides is 1. The number of anilines is 2. The molecule has 0 fully saturated rings. The highest BCUT2D eigenvalue weighted by molar-refractivity contribution is 7.89. The Kier molecular flexibility index (Phi) is 9.30. The molecule has 0 atom stereocenters. The van der Waals surface area contributed by atoms with Crippen molar-refractivity contribution in [3.05, 3.63) is 65.7 Å². The van der Waals surface area contributed by atoms with Gasteiger partial charge in [0.15, 0.2) is 0 Å². The first-order chi connectivity index (χ1) is 17.5. The normalized spacial score (nSPS) is 11.5. The zero-order chi connectivity index (χ0) is 27.2. The molecule has 0 bridgehead atoms. The fourth-order valence-electron chi connectivity index (χ4n) is 3.86. The number of hydrogen-bond donors (Lipinski definition) is 1. The third-order valence-electron chi connectivity index (χ3n) is 6.13. The van der Waals surface area contributed by atoms with E-state index in [0.29, 0.717) is 23.4 Å². The molecule has 0 unspecified atom stereocenters. The number of likely N-dealkylation sites (N-methyl/N-ethyl adjacent to an activating group) is 2. The number of rotatable bonds is 12. The Morgan fingerprint density at radius 1 is 1.11 bits per heavy atom. The van der Waals surface area contributed by atoms with E-state index in [-0.39, 0.29) is 30.6 Å². The van der Waals surface area contributed by atoms with Gasteiger partial charge in [-0.25, -0.2) is 13.4 Å². The van der Waals surface area contributed by atoms with Gasteiger partial charge < -0.3 is 24.3 Å². The fraction of sp³-hybridized carbons (Fsp3) is 0.385. The van der Waals surface area contributed by atoms with Crippen LogP contribution >= 0.6 is 0 Å². The van der Waals surface area contributed by atoms with Crippen LogP contribution in [0.3, 0.4) is 0 Å². The van der Waals surface area contributed by atoms with E-state index < -0.39 is 10.0 Å².